The van der Waals surface area contributed by atoms with Crippen LogP contribution in [0.15, 0.2) is 40.8 Å². The second-order valence-electron chi connectivity index (χ2n) is 5.02. The topological polar surface area (TPSA) is 71.7 Å². The van der Waals surface area contributed by atoms with Gasteiger partial charge in [0.05, 0.1) is 19.6 Å². The van der Waals surface area contributed by atoms with Crippen LogP contribution < -0.4 is 10.1 Å². The van der Waals surface area contributed by atoms with Crippen LogP contribution in [0.4, 0.5) is 0 Å². The largest absolute Gasteiger partial charge is 0.494 e. The predicted octanol–water partition coefficient (Wildman–Crippen LogP) is 2.38. The Morgan fingerprint density at radius 1 is 1.27 bits per heavy atom. The van der Waals surface area contributed by atoms with E-state index in [4.69, 9.17) is 9.15 Å². The Morgan fingerprint density at radius 3 is 2.59 bits per heavy atom. The molecule has 118 valence electrons. The summed E-state index contributed by atoms with van der Waals surface area (Å²) in [5.41, 5.74) is 0.893. The van der Waals surface area contributed by atoms with Gasteiger partial charge in [0.2, 0.25) is 5.91 Å². The van der Waals surface area contributed by atoms with E-state index in [-0.39, 0.29) is 18.9 Å². The molecule has 0 aliphatic carbocycles. The second-order valence-corrected chi connectivity index (χ2v) is 5.02. The number of carbonyl (C=O) groups excluding carboxylic acids is 1. The van der Waals surface area contributed by atoms with Gasteiger partial charge in [-0.05, 0) is 43.7 Å². The van der Waals surface area contributed by atoms with Gasteiger partial charge in [0, 0.05) is 0 Å². The molecule has 0 aliphatic rings. The highest BCUT2D eigenvalue weighted by molar-refractivity contribution is 5.78. The molecule has 0 saturated carbocycles. The Labute approximate surface area is 129 Å². The van der Waals surface area contributed by atoms with Crippen LogP contribution in [0.1, 0.15) is 30.1 Å². The lowest BCUT2D eigenvalue weighted by atomic mass is 10.1. The van der Waals surface area contributed by atoms with E-state index in [1.807, 2.05) is 31.2 Å². The van der Waals surface area contributed by atoms with Crippen LogP contribution in [0.3, 0.4) is 0 Å². The predicted molar refractivity (Wildman–Crippen MR) is 82.7 cm³/mol. The average Bonchev–Trinajstić information content (AvgIpc) is 2.94. The van der Waals surface area contributed by atoms with E-state index in [1.165, 1.54) is 0 Å². The van der Waals surface area contributed by atoms with Crippen molar-refractivity contribution in [2.45, 2.75) is 26.4 Å². The number of furan rings is 1. The zero-order valence-corrected chi connectivity index (χ0v) is 12.8. The molecular formula is C17H21NO4. The van der Waals surface area contributed by atoms with E-state index in [2.05, 4.69) is 5.32 Å². The number of ether oxygens (including phenoxy) is 1. The first-order chi connectivity index (χ1) is 10.6. The molecular weight excluding hydrogens is 282 g/mol. The molecule has 1 heterocycles. The standard InChI is InChI=1S/C17H21NO4/c1-3-21-14-7-5-13(6-8-14)10-17(20)18-11-15(19)16-9-4-12(2)22-16/h4-9,15,19H,3,10-11H2,1-2H3,(H,18,20). The first kappa shape index (κ1) is 16.1. The van der Waals surface area contributed by atoms with E-state index in [0.29, 0.717) is 12.4 Å². The van der Waals surface area contributed by atoms with Crippen LogP contribution in [-0.2, 0) is 11.2 Å². The number of aliphatic hydroxyl groups excluding tert-OH is 1. The zero-order chi connectivity index (χ0) is 15.9. The number of nitrogens with one attached hydrogen (secondary N) is 1. The van der Waals surface area contributed by atoms with Gasteiger partial charge in [-0.15, -0.1) is 0 Å². The second kappa shape index (κ2) is 7.66. The summed E-state index contributed by atoms with van der Waals surface area (Å²) in [6.07, 6.45) is -0.575. The third-order valence-corrected chi connectivity index (χ3v) is 3.18. The van der Waals surface area contributed by atoms with E-state index in [0.717, 1.165) is 17.1 Å². The molecule has 0 aliphatic heterocycles. The Hall–Kier alpha value is -2.27. The van der Waals surface area contributed by atoms with Crippen LogP contribution >= 0.6 is 0 Å². The summed E-state index contributed by atoms with van der Waals surface area (Å²) in [5.74, 6) is 1.83. The lowest BCUT2D eigenvalue weighted by Gasteiger charge is -2.10. The average molecular weight is 303 g/mol. The van der Waals surface area contributed by atoms with Gasteiger partial charge in [-0.25, -0.2) is 0 Å². The number of aryl methyl sites for hydroxylation is 1. The van der Waals surface area contributed by atoms with Gasteiger partial charge in [-0.3, -0.25) is 4.79 Å². The molecule has 1 aromatic carbocycles. The summed E-state index contributed by atoms with van der Waals surface area (Å²) < 4.78 is 10.7. The Morgan fingerprint density at radius 2 is 2.00 bits per heavy atom. The summed E-state index contributed by atoms with van der Waals surface area (Å²) >= 11 is 0. The maximum absolute atomic E-state index is 11.9. The van der Waals surface area contributed by atoms with Crippen LogP contribution in [0.5, 0.6) is 5.75 Å². The van der Waals surface area contributed by atoms with Crippen molar-refractivity contribution in [3.05, 3.63) is 53.5 Å². The van der Waals surface area contributed by atoms with Crippen molar-refractivity contribution in [2.75, 3.05) is 13.2 Å². The van der Waals surface area contributed by atoms with E-state index < -0.39 is 6.10 Å². The number of amides is 1. The van der Waals surface area contributed by atoms with Gasteiger partial charge in [0.1, 0.15) is 23.4 Å². The molecule has 1 atom stereocenters. The monoisotopic (exact) mass is 303 g/mol. The van der Waals surface area contributed by atoms with Crippen LogP contribution in [-0.4, -0.2) is 24.2 Å². The first-order valence-corrected chi connectivity index (χ1v) is 7.31. The summed E-state index contributed by atoms with van der Waals surface area (Å²) in [6.45, 7) is 4.47. The fourth-order valence-corrected chi connectivity index (χ4v) is 2.06. The van der Waals surface area contributed by atoms with Crippen molar-refractivity contribution in [1.82, 2.24) is 5.32 Å². The fraction of sp³-hybridized carbons (Fsp3) is 0.353. The van der Waals surface area contributed by atoms with Crippen molar-refractivity contribution < 1.29 is 19.1 Å². The number of hydrogen-bond acceptors (Lipinski definition) is 4. The summed E-state index contributed by atoms with van der Waals surface area (Å²) in [6, 6.07) is 10.9. The fourth-order valence-electron chi connectivity index (χ4n) is 2.06. The van der Waals surface area contributed by atoms with E-state index in [9.17, 15) is 9.90 Å². The molecule has 1 unspecified atom stereocenters. The summed E-state index contributed by atoms with van der Waals surface area (Å²) in [4.78, 5) is 11.9. The maximum atomic E-state index is 11.9. The number of rotatable bonds is 7. The molecule has 1 amide bonds. The minimum absolute atomic E-state index is 0.128. The quantitative estimate of drug-likeness (QED) is 0.824. The van der Waals surface area contributed by atoms with Crippen LogP contribution in [0.25, 0.3) is 0 Å². The van der Waals surface area contributed by atoms with E-state index >= 15 is 0 Å². The lowest BCUT2D eigenvalue weighted by molar-refractivity contribution is -0.120. The molecule has 5 nitrogen and oxygen atoms in total. The highest BCUT2D eigenvalue weighted by Crippen LogP contribution is 2.15. The molecule has 5 heteroatoms. The molecule has 0 saturated heterocycles. The van der Waals surface area contributed by atoms with Gasteiger partial charge in [0.15, 0.2) is 0 Å². The highest BCUT2D eigenvalue weighted by atomic mass is 16.5. The van der Waals surface area contributed by atoms with E-state index in [1.54, 1.807) is 19.1 Å². The van der Waals surface area contributed by atoms with Gasteiger partial charge >= 0.3 is 0 Å². The minimum Gasteiger partial charge on any atom is -0.494 e. The Bertz CT molecular complexity index is 603. The highest BCUT2D eigenvalue weighted by Gasteiger charge is 2.13. The Kier molecular flexibility index (Phi) is 5.61. The summed E-state index contributed by atoms with van der Waals surface area (Å²) in [5, 5.41) is 12.6. The maximum Gasteiger partial charge on any atom is 0.224 e. The van der Waals surface area contributed by atoms with Gasteiger partial charge in [0.25, 0.3) is 0 Å². The number of aliphatic hydroxyl groups is 1. The SMILES string of the molecule is CCOc1ccc(CC(=O)NCC(O)c2ccc(C)o2)cc1. The van der Waals surface area contributed by atoms with Gasteiger partial charge in [-0.2, -0.15) is 0 Å². The molecule has 0 radical (unpaired) electrons. The molecule has 1 aromatic heterocycles. The molecule has 2 aromatic rings. The van der Waals surface area contributed by atoms with Crippen molar-refractivity contribution in [3.8, 4) is 5.75 Å². The van der Waals surface area contributed by atoms with Gasteiger partial charge in [-0.1, -0.05) is 12.1 Å². The Balaban J connectivity index is 1.80. The third-order valence-electron chi connectivity index (χ3n) is 3.18. The third kappa shape index (κ3) is 4.63. The summed E-state index contributed by atoms with van der Waals surface area (Å²) in [7, 11) is 0. The molecule has 0 bridgehead atoms. The lowest BCUT2D eigenvalue weighted by Crippen LogP contribution is -2.29. The van der Waals surface area contributed by atoms with Crippen molar-refractivity contribution in [3.63, 3.8) is 0 Å². The smallest absolute Gasteiger partial charge is 0.224 e. The van der Waals surface area contributed by atoms with Crippen LogP contribution in [0, 0.1) is 6.92 Å². The van der Waals surface area contributed by atoms with Crippen molar-refractivity contribution >= 4 is 5.91 Å². The van der Waals surface area contributed by atoms with Crippen LogP contribution in [0.2, 0.25) is 0 Å². The number of hydrogen-bond donors (Lipinski definition) is 2. The minimum atomic E-state index is -0.835. The molecule has 2 rings (SSSR count). The van der Waals surface area contributed by atoms with Crippen molar-refractivity contribution in [1.29, 1.82) is 0 Å². The van der Waals surface area contributed by atoms with Gasteiger partial charge < -0.3 is 19.6 Å². The normalized spacial score (nSPS) is 12.0. The van der Waals surface area contributed by atoms with Crippen molar-refractivity contribution in [2.24, 2.45) is 0 Å². The number of carbonyl (C=O) groups is 1. The molecule has 22 heavy (non-hydrogen) atoms. The zero-order valence-electron chi connectivity index (χ0n) is 12.8. The molecule has 0 fully saturated rings. The number of benzene rings is 1. The molecule has 0 spiro atoms. The molecule has 2 N–H and O–H groups in total. The first-order valence-electron chi connectivity index (χ1n) is 7.31.